The summed E-state index contributed by atoms with van der Waals surface area (Å²) in [7, 11) is -2.40. The zero-order valence-electron chi connectivity index (χ0n) is 15.8. The molecule has 6 nitrogen and oxygen atoms in total. The molecular weight excluding hydrogens is 347 g/mol. The summed E-state index contributed by atoms with van der Waals surface area (Å²) in [6.07, 6.45) is -0.624. The second kappa shape index (κ2) is 7.29. The van der Waals surface area contributed by atoms with Crippen LogP contribution in [0.5, 0.6) is 0 Å². The summed E-state index contributed by atoms with van der Waals surface area (Å²) >= 11 is 0. The number of ether oxygens (including phenoxy) is 1. The highest BCUT2D eigenvalue weighted by Crippen LogP contribution is 2.20. The summed E-state index contributed by atoms with van der Waals surface area (Å²) in [4.78, 5) is 11.9. The van der Waals surface area contributed by atoms with Gasteiger partial charge in [0, 0.05) is 13.6 Å². The molecule has 0 unspecified atom stereocenters. The lowest BCUT2D eigenvalue weighted by Gasteiger charge is -2.32. The van der Waals surface area contributed by atoms with Crippen LogP contribution in [0.25, 0.3) is 0 Å². The molecule has 0 radical (unpaired) electrons. The first-order valence-electron chi connectivity index (χ1n) is 7.88. The molecule has 0 spiro atoms. The molecule has 0 saturated heterocycles. The van der Waals surface area contributed by atoms with Crippen molar-refractivity contribution in [2.45, 2.75) is 57.6 Å². The van der Waals surface area contributed by atoms with Gasteiger partial charge in [-0.25, -0.2) is 17.6 Å². The molecule has 1 aromatic rings. The first-order valence-corrected chi connectivity index (χ1v) is 9.32. The molecule has 0 aliphatic rings. The van der Waals surface area contributed by atoms with Crippen LogP contribution in [0.3, 0.4) is 0 Å². The monoisotopic (exact) mass is 374 g/mol. The Bertz CT molecular complexity index is 740. The number of alkyl carbamates (subject to hydrolysis) is 1. The van der Waals surface area contributed by atoms with Crippen molar-refractivity contribution in [1.29, 1.82) is 0 Å². The molecule has 0 saturated carbocycles. The van der Waals surface area contributed by atoms with E-state index in [0.717, 1.165) is 10.4 Å². The van der Waals surface area contributed by atoms with Gasteiger partial charge in [-0.15, -0.1) is 0 Å². The van der Waals surface area contributed by atoms with E-state index in [1.165, 1.54) is 26.1 Å². The summed E-state index contributed by atoms with van der Waals surface area (Å²) < 4.78 is 45.0. The zero-order valence-corrected chi connectivity index (χ0v) is 16.6. The lowest BCUT2D eigenvalue weighted by molar-refractivity contribution is 0.0464. The molecular formula is C17H27FN2O4S. The van der Waals surface area contributed by atoms with E-state index in [9.17, 15) is 17.6 Å². The Morgan fingerprint density at radius 2 is 1.80 bits per heavy atom. The van der Waals surface area contributed by atoms with Crippen molar-refractivity contribution in [3.8, 4) is 0 Å². The minimum Gasteiger partial charge on any atom is -0.444 e. The van der Waals surface area contributed by atoms with Crippen LogP contribution >= 0.6 is 0 Å². The number of amides is 1. The van der Waals surface area contributed by atoms with Gasteiger partial charge in [0.05, 0.1) is 10.4 Å². The van der Waals surface area contributed by atoms with Gasteiger partial charge in [0.2, 0.25) is 10.0 Å². The molecule has 0 aliphatic carbocycles. The summed E-state index contributed by atoms with van der Waals surface area (Å²) in [5.41, 5.74) is -1.26. The molecule has 0 aliphatic heterocycles. The van der Waals surface area contributed by atoms with Gasteiger partial charge in [0.15, 0.2) is 0 Å². The van der Waals surface area contributed by atoms with Crippen LogP contribution in [0.2, 0.25) is 0 Å². The smallest absolute Gasteiger partial charge is 0.408 e. The van der Waals surface area contributed by atoms with Crippen molar-refractivity contribution >= 4 is 16.1 Å². The summed E-state index contributed by atoms with van der Waals surface area (Å²) in [6.45, 7) is 10.1. The van der Waals surface area contributed by atoms with Gasteiger partial charge in [-0.3, -0.25) is 0 Å². The number of hydrogen-bond donors (Lipinski definition) is 1. The number of likely N-dealkylation sites (N-methyl/N-ethyl adjacent to an activating group) is 1. The molecule has 1 rings (SSSR count). The van der Waals surface area contributed by atoms with E-state index in [-0.39, 0.29) is 17.0 Å². The first-order chi connectivity index (χ1) is 11.1. The van der Waals surface area contributed by atoms with Gasteiger partial charge >= 0.3 is 6.09 Å². The number of nitrogens with one attached hydrogen (secondary N) is 1. The summed E-state index contributed by atoms with van der Waals surface area (Å²) in [5.74, 6) is -0.464. The van der Waals surface area contributed by atoms with Gasteiger partial charge in [0.1, 0.15) is 11.4 Å². The Morgan fingerprint density at radius 3 is 2.28 bits per heavy atom. The standard InChI is InChI=1S/C17H27FN2O4S/c1-12-10-13(8-9-14(12)18)25(22,23)20(7)11-17(5,6)19-15(21)24-16(2,3)4/h8-10H,11H2,1-7H3,(H,19,21). The van der Waals surface area contributed by atoms with Crippen molar-refractivity contribution in [2.75, 3.05) is 13.6 Å². The average molecular weight is 374 g/mol. The van der Waals surface area contributed by atoms with Crippen LogP contribution in [0.4, 0.5) is 9.18 Å². The van der Waals surface area contributed by atoms with E-state index in [0.29, 0.717) is 0 Å². The predicted octanol–water partition coefficient (Wildman–Crippen LogP) is 3.06. The largest absolute Gasteiger partial charge is 0.444 e. The number of rotatable bonds is 5. The number of nitrogens with zero attached hydrogens (tertiary/aromatic N) is 1. The van der Waals surface area contributed by atoms with Crippen LogP contribution in [0.1, 0.15) is 40.2 Å². The van der Waals surface area contributed by atoms with Gasteiger partial charge in [-0.1, -0.05) is 0 Å². The molecule has 142 valence electrons. The number of aryl methyl sites for hydroxylation is 1. The van der Waals surface area contributed by atoms with Crippen LogP contribution in [-0.2, 0) is 14.8 Å². The van der Waals surface area contributed by atoms with Crippen molar-refractivity contribution in [3.63, 3.8) is 0 Å². The molecule has 8 heteroatoms. The summed E-state index contributed by atoms with van der Waals surface area (Å²) in [5, 5.41) is 2.66. The Hall–Kier alpha value is -1.67. The third-order valence-electron chi connectivity index (χ3n) is 3.29. The quantitative estimate of drug-likeness (QED) is 0.859. The first kappa shape index (κ1) is 21.4. The second-order valence-corrected chi connectivity index (χ2v) is 9.73. The molecule has 0 aromatic heterocycles. The average Bonchev–Trinajstić information content (AvgIpc) is 2.37. The Morgan fingerprint density at radius 1 is 1.24 bits per heavy atom. The van der Waals surface area contributed by atoms with Crippen molar-refractivity contribution in [1.82, 2.24) is 9.62 Å². The van der Waals surface area contributed by atoms with E-state index >= 15 is 0 Å². The van der Waals surface area contributed by atoms with E-state index in [4.69, 9.17) is 4.74 Å². The second-order valence-electron chi connectivity index (χ2n) is 7.68. The number of carbonyl (C=O) groups is 1. The zero-order chi connectivity index (χ0) is 19.6. The molecule has 0 atom stereocenters. The van der Waals surface area contributed by atoms with Crippen LogP contribution in [0, 0.1) is 12.7 Å². The summed E-state index contributed by atoms with van der Waals surface area (Å²) in [6, 6.07) is 3.64. The third kappa shape index (κ3) is 6.28. The molecule has 1 N–H and O–H groups in total. The van der Waals surface area contributed by atoms with Gasteiger partial charge in [-0.2, -0.15) is 4.31 Å². The number of halogens is 1. The Labute approximate surface area is 149 Å². The Kier molecular flexibility index (Phi) is 6.23. The van der Waals surface area contributed by atoms with Gasteiger partial charge < -0.3 is 10.1 Å². The van der Waals surface area contributed by atoms with E-state index < -0.39 is 33.1 Å². The normalized spacial score (nSPS) is 13.0. The Balaban J connectivity index is 2.89. The van der Waals surface area contributed by atoms with E-state index in [1.807, 2.05) is 0 Å². The molecule has 0 heterocycles. The maximum Gasteiger partial charge on any atom is 0.408 e. The van der Waals surface area contributed by atoms with Crippen LogP contribution in [0.15, 0.2) is 23.1 Å². The van der Waals surface area contributed by atoms with Gasteiger partial charge in [-0.05, 0) is 65.3 Å². The van der Waals surface area contributed by atoms with E-state index in [2.05, 4.69) is 5.32 Å². The highest BCUT2D eigenvalue weighted by atomic mass is 32.2. The third-order valence-corrected chi connectivity index (χ3v) is 5.09. The van der Waals surface area contributed by atoms with Crippen LogP contribution in [-0.4, -0.2) is 43.5 Å². The van der Waals surface area contributed by atoms with Crippen molar-refractivity contribution < 1.29 is 22.3 Å². The number of hydrogen-bond acceptors (Lipinski definition) is 4. The highest BCUT2D eigenvalue weighted by Gasteiger charge is 2.31. The molecule has 25 heavy (non-hydrogen) atoms. The maximum atomic E-state index is 13.4. The fraction of sp³-hybridized carbons (Fsp3) is 0.588. The number of carbonyl (C=O) groups excluding carboxylic acids is 1. The lowest BCUT2D eigenvalue weighted by Crippen LogP contribution is -2.52. The fourth-order valence-electron chi connectivity index (χ4n) is 2.22. The predicted molar refractivity (Wildman–Crippen MR) is 94.4 cm³/mol. The fourth-order valence-corrected chi connectivity index (χ4v) is 3.64. The number of sulfonamides is 1. The molecule has 0 bridgehead atoms. The van der Waals surface area contributed by atoms with Crippen molar-refractivity contribution in [2.24, 2.45) is 0 Å². The maximum absolute atomic E-state index is 13.4. The number of benzene rings is 1. The molecule has 1 amide bonds. The highest BCUT2D eigenvalue weighted by molar-refractivity contribution is 7.89. The SMILES string of the molecule is Cc1cc(S(=O)(=O)N(C)CC(C)(C)NC(=O)OC(C)(C)C)ccc1F. The molecule has 1 aromatic carbocycles. The van der Waals surface area contributed by atoms with Gasteiger partial charge in [0.25, 0.3) is 0 Å². The lowest BCUT2D eigenvalue weighted by atomic mass is 10.1. The van der Waals surface area contributed by atoms with Crippen LogP contribution < -0.4 is 5.32 Å². The minimum absolute atomic E-state index is 0.00182. The topological polar surface area (TPSA) is 75.7 Å². The molecule has 0 fully saturated rings. The van der Waals surface area contributed by atoms with E-state index in [1.54, 1.807) is 34.6 Å². The van der Waals surface area contributed by atoms with Crippen molar-refractivity contribution in [3.05, 3.63) is 29.6 Å². The minimum atomic E-state index is -3.81.